The fourth-order valence-electron chi connectivity index (χ4n) is 2.33. The van der Waals surface area contributed by atoms with Gasteiger partial charge in [0, 0.05) is 5.56 Å². The number of phenols is 3. The molecule has 3 rings (SSSR count). The number of benzene rings is 2. The van der Waals surface area contributed by atoms with E-state index in [9.17, 15) is 15.3 Å². The molecule has 0 bridgehead atoms. The first kappa shape index (κ1) is 12.7. The van der Waals surface area contributed by atoms with Crippen molar-refractivity contribution in [3.63, 3.8) is 0 Å². The van der Waals surface area contributed by atoms with Gasteiger partial charge >= 0.3 is 0 Å². The minimum absolute atomic E-state index is 0.126. The van der Waals surface area contributed by atoms with Gasteiger partial charge in [-0.2, -0.15) is 0 Å². The van der Waals surface area contributed by atoms with Gasteiger partial charge in [-0.15, -0.1) is 0 Å². The maximum atomic E-state index is 9.74. The van der Waals surface area contributed by atoms with Gasteiger partial charge in [0.1, 0.15) is 5.75 Å². The second-order valence-electron chi connectivity index (χ2n) is 4.59. The summed E-state index contributed by atoms with van der Waals surface area (Å²) in [6.45, 7) is 0. The highest BCUT2D eigenvalue weighted by molar-refractivity contribution is 6.34. The summed E-state index contributed by atoms with van der Waals surface area (Å²) in [6.07, 6.45) is 3.48. The van der Waals surface area contributed by atoms with Crippen LogP contribution < -0.4 is 5.32 Å². The first-order valence-electron chi connectivity index (χ1n) is 6.04. The molecule has 0 aromatic heterocycles. The minimum atomic E-state index is -0.318. The summed E-state index contributed by atoms with van der Waals surface area (Å²) in [5.41, 5.74) is 2.34. The molecule has 1 atom stereocenters. The molecule has 0 radical (unpaired) electrons. The summed E-state index contributed by atoms with van der Waals surface area (Å²) in [4.78, 5) is 0. The van der Waals surface area contributed by atoms with E-state index < -0.39 is 0 Å². The van der Waals surface area contributed by atoms with Crippen molar-refractivity contribution >= 4 is 17.7 Å². The molecule has 0 spiro atoms. The van der Waals surface area contributed by atoms with Crippen molar-refractivity contribution in [1.82, 2.24) is 5.32 Å². The molecule has 4 nitrogen and oxygen atoms in total. The lowest BCUT2D eigenvalue weighted by atomic mass is 9.91. The molecule has 102 valence electrons. The Kier molecular flexibility index (Phi) is 2.95. The summed E-state index contributed by atoms with van der Waals surface area (Å²) in [7, 11) is 0. The van der Waals surface area contributed by atoms with E-state index >= 15 is 0 Å². The highest BCUT2D eigenvalue weighted by atomic mass is 35.5. The lowest BCUT2D eigenvalue weighted by Gasteiger charge is -2.25. The van der Waals surface area contributed by atoms with Crippen LogP contribution in [0.15, 0.2) is 36.5 Å². The second-order valence-corrected chi connectivity index (χ2v) is 4.96. The van der Waals surface area contributed by atoms with Crippen LogP contribution >= 0.6 is 11.6 Å². The van der Waals surface area contributed by atoms with Gasteiger partial charge in [0.2, 0.25) is 0 Å². The topological polar surface area (TPSA) is 72.7 Å². The third kappa shape index (κ3) is 1.94. The lowest BCUT2D eigenvalue weighted by Crippen LogP contribution is -2.20. The Morgan fingerprint density at radius 1 is 1.05 bits per heavy atom. The number of aromatic hydroxyl groups is 3. The maximum Gasteiger partial charge on any atom is 0.177 e. The number of fused-ring (bicyclic) bond motifs is 1. The number of phenolic OH excluding ortho intramolecular Hbond substituents is 3. The van der Waals surface area contributed by atoms with E-state index in [1.165, 1.54) is 6.07 Å². The van der Waals surface area contributed by atoms with Crippen LogP contribution in [0.2, 0.25) is 5.02 Å². The highest BCUT2D eigenvalue weighted by Gasteiger charge is 2.23. The van der Waals surface area contributed by atoms with Crippen LogP contribution in [0.25, 0.3) is 6.08 Å². The number of hydrogen-bond donors (Lipinski definition) is 4. The molecule has 0 saturated heterocycles. The van der Waals surface area contributed by atoms with Gasteiger partial charge in [0.05, 0.1) is 11.1 Å². The Labute approximate surface area is 120 Å². The van der Waals surface area contributed by atoms with Crippen LogP contribution in [0.3, 0.4) is 0 Å². The predicted molar refractivity (Wildman–Crippen MR) is 76.9 cm³/mol. The molecule has 0 aliphatic carbocycles. The smallest absolute Gasteiger partial charge is 0.177 e. The van der Waals surface area contributed by atoms with Gasteiger partial charge in [0.15, 0.2) is 11.5 Å². The molecule has 0 amide bonds. The van der Waals surface area contributed by atoms with Crippen molar-refractivity contribution in [3.05, 3.63) is 58.2 Å². The summed E-state index contributed by atoms with van der Waals surface area (Å²) in [5, 5.41) is 32.1. The standard InChI is InChI=1S/C15H12ClNO3/c16-13-10-5-6-17-14(8-1-3-9(18)4-2-8)11(10)7-12(19)15(13)20/h1-7,14,17-20H. The Balaban J connectivity index is 2.15. The van der Waals surface area contributed by atoms with Crippen molar-refractivity contribution in [3.8, 4) is 17.2 Å². The average molecular weight is 290 g/mol. The van der Waals surface area contributed by atoms with E-state index in [1.807, 2.05) is 0 Å². The first-order chi connectivity index (χ1) is 9.58. The van der Waals surface area contributed by atoms with Crippen LogP contribution in [0.5, 0.6) is 17.2 Å². The van der Waals surface area contributed by atoms with Crippen LogP contribution in [0, 0.1) is 0 Å². The largest absolute Gasteiger partial charge is 0.508 e. The van der Waals surface area contributed by atoms with E-state index in [0.717, 1.165) is 11.1 Å². The van der Waals surface area contributed by atoms with Gasteiger partial charge in [0.25, 0.3) is 0 Å². The molecule has 2 aromatic carbocycles. The number of nitrogens with one attached hydrogen (secondary N) is 1. The fourth-order valence-corrected chi connectivity index (χ4v) is 2.60. The first-order valence-corrected chi connectivity index (χ1v) is 6.41. The van der Waals surface area contributed by atoms with Crippen molar-refractivity contribution in [1.29, 1.82) is 0 Å². The van der Waals surface area contributed by atoms with E-state index in [0.29, 0.717) is 5.56 Å². The molecular formula is C15H12ClNO3. The van der Waals surface area contributed by atoms with Gasteiger partial charge in [-0.05, 0) is 41.6 Å². The highest BCUT2D eigenvalue weighted by Crippen LogP contribution is 2.43. The van der Waals surface area contributed by atoms with Crippen LogP contribution in [0.1, 0.15) is 22.7 Å². The van der Waals surface area contributed by atoms with Gasteiger partial charge in [-0.1, -0.05) is 23.7 Å². The number of rotatable bonds is 1. The SMILES string of the molecule is Oc1ccc(C2NC=Cc3c2cc(O)c(O)c3Cl)cc1. The third-order valence-electron chi connectivity index (χ3n) is 3.34. The molecule has 1 aliphatic heterocycles. The molecular weight excluding hydrogens is 278 g/mol. The molecule has 1 heterocycles. The van der Waals surface area contributed by atoms with Crippen LogP contribution in [0.4, 0.5) is 0 Å². The molecule has 20 heavy (non-hydrogen) atoms. The van der Waals surface area contributed by atoms with Crippen molar-refractivity contribution in [2.24, 2.45) is 0 Å². The van der Waals surface area contributed by atoms with Crippen molar-refractivity contribution < 1.29 is 15.3 Å². The van der Waals surface area contributed by atoms with Crippen molar-refractivity contribution in [2.75, 3.05) is 0 Å². The number of halogens is 1. The molecule has 0 fully saturated rings. The molecule has 1 aliphatic rings. The van der Waals surface area contributed by atoms with Gasteiger partial charge in [-0.3, -0.25) is 0 Å². The second kappa shape index (κ2) is 4.65. The van der Waals surface area contributed by atoms with Gasteiger partial charge in [-0.25, -0.2) is 0 Å². The number of hydrogen-bond acceptors (Lipinski definition) is 4. The monoisotopic (exact) mass is 289 g/mol. The normalized spacial score (nSPS) is 16.6. The van der Waals surface area contributed by atoms with E-state index in [1.54, 1.807) is 36.5 Å². The zero-order chi connectivity index (χ0) is 14.3. The predicted octanol–water partition coefficient (Wildman–Crippen LogP) is 3.12. The van der Waals surface area contributed by atoms with Crippen LogP contribution in [-0.2, 0) is 0 Å². The van der Waals surface area contributed by atoms with Crippen molar-refractivity contribution in [2.45, 2.75) is 6.04 Å². The maximum absolute atomic E-state index is 9.74. The van der Waals surface area contributed by atoms with E-state index in [4.69, 9.17) is 11.6 Å². The minimum Gasteiger partial charge on any atom is -0.508 e. The molecule has 1 unspecified atom stereocenters. The Morgan fingerprint density at radius 3 is 2.45 bits per heavy atom. The zero-order valence-corrected chi connectivity index (χ0v) is 11.1. The van der Waals surface area contributed by atoms with Gasteiger partial charge < -0.3 is 20.6 Å². The lowest BCUT2D eigenvalue weighted by molar-refractivity contribution is 0.402. The molecule has 2 aromatic rings. The zero-order valence-electron chi connectivity index (χ0n) is 10.3. The molecule has 0 saturated carbocycles. The third-order valence-corrected chi connectivity index (χ3v) is 3.72. The summed E-state index contributed by atoms with van der Waals surface area (Å²) in [5.74, 6) is -0.386. The van der Waals surface area contributed by atoms with E-state index in [2.05, 4.69) is 5.32 Å². The average Bonchev–Trinajstić information content (AvgIpc) is 2.45. The Morgan fingerprint density at radius 2 is 1.75 bits per heavy atom. The quantitative estimate of drug-likeness (QED) is 0.609. The van der Waals surface area contributed by atoms with Crippen LogP contribution in [-0.4, -0.2) is 15.3 Å². The summed E-state index contributed by atoms with van der Waals surface area (Å²) >= 11 is 6.07. The molecule has 4 N–H and O–H groups in total. The fraction of sp³-hybridized carbons (Fsp3) is 0.0667. The van der Waals surface area contributed by atoms with E-state index in [-0.39, 0.29) is 28.3 Å². The summed E-state index contributed by atoms with van der Waals surface area (Å²) in [6, 6.07) is 8.04. The Hall–Kier alpha value is -2.33. The Bertz CT molecular complexity index is 695. The summed E-state index contributed by atoms with van der Waals surface area (Å²) < 4.78 is 0. The molecule has 5 heteroatoms.